The third-order valence-electron chi connectivity index (χ3n) is 2.60. The van der Waals surface area contributed by atoms with E-state index < -0.39 is 39.2 Å². The average Bonchev–Trinajstić information content (AvgIpc) is 2.49. The van der Waals surface area contributed by atoms with Crippen molar-refractivity contribution in [2.75, 3.05) is 25.5 Å². The van der Waals surface area contributed by atoms with Gasteiger partial charge < -0.3 is 10.1 Å². The van der Waals surface area contributed by atoms with Crippen LogP contribution in [0, 0.1) is 12.3 Å². The zero-order chi connectivity index (χ0) is 17.7. The minimum absolute atomic E-state index is 0.0159. The van der Waals surface area contributed by atoms with Crippen LogP contribution in [0.5, 0.6) is 0 Å². The van der Waals surface area contributed by atoms with Gasteiger partial charge in [0.25, 0.3) is 0 Å². The molecule has 0 radical (unpaired) electrons. The molecule has 0 aliphatic carbocycles. The highest BCUT2D eigenvalue weighted by Crippen LogP contribution is 2.35. The summed E-state index contributed by atoms with van der Waals surface area (Å²) in [6.45, 7) is -0.808. The van der Waals surface area contributed by atoms with Gasteiger partial charge in [-0.15, -0.1) is 6.42 Å². The molecule has 1 aromatic carbocycles. The predicted molar refractivity (Wildman–Crippen MR) is 76.0 cm³/mol. The van der Waals surface area contributed by atoms with E-state index in [1.807, 2.05) is 0 Å². The number of hydrogen-bond donors (Lipinski definition) is 2. The van der Waals surface area contributed by atoms with Gasteiger partial charge >= 0.3 is 12.1 Å². The van der Waals surface area contributed by atoms with E-state index in [0.717, 1.165) is 19.2 Å². The van der Waals surface area contributed by atoms with Gasteiger partial charge in [-0.1, -0.05) is 5.92 Å². The minimum atomic E-state index is -4.91. The smallest absolute Gasteiger partial charge is 0.417 e. The van der Waals surface area contributed by atoms with Gasteiger partial charge in [0.05, 0.1) is 24.1 Å². The van der Waals surface area contributed by atoms with Crippen molar-refractivity contribution in [1.82, 2.24) is 4.72 Å². The Labute approximate surface area is 131 Å². The van der Waals surface area contributed by atoms with Crippen LogP contribution in [-0.4, -0.2) is 34.6 Å². The zero-order valence-electron chi connectivity index (χ0n) is 11.9. The lowest BCUT2D eigenvalue weighted by atomic mass is 10.2. The first kappa shape index (κ1) is 18.8. The highest BCUT2D eigenvalue weighted by Gasteiger charge is 2.37. The number of rotatable bonds is 6. The number of terminal acetylenes is 1. The molecule has 126 valence electrons. The fraction of sp³-hybridized carbons (Fsp3) is 0.308. The molecule has 0 amide bonds. The molecule has 0 spiro atoms. The molecule has 1 rings (SSSR count). The summed E-state index contributed by atoms with van der Waals surface area (Å²) >= 11 is 0. The number of benzene rings is 1. The fourth-order valence-corrected chi connectivity index (χ4v) is 2.73. The summed E-state index contributed by atoms with van der Waals surface area (Å²) in [6, 6.07) is 2.55. The molecule has 0 saturated carbocycles. The Hall–Kier alpha value is -2.25. The molecule has 0 unspecified atom stereocenters. The largest absolute Gasteiger partial charge is 0.468 e. The SMILES string of the molecule is C#CCNc1ccc(S(=O)(=O)NCC(=O)OC)c(C(F)(F)F)c1. The highest BCUT2D eigenvalue weighted by molar-refractivity contribution is 7.89. The Morgan fingerprint density at radius 1 is 1.39 bits per heavy atom. The number of sulfonamides is 1. The van der Waals surface area contributed by atoms with Crippen molar-refractivity contribution < 1.29 is 31.1 Å². The summed E-state index contributed by atoms with van der Waals surface area (Å²) in [4.78, 5) is 9.94. The molecule has 0 fully saturated rings. The fourth-order valence-electron chi connectivity index (χ4n) is 1.55. The Bertz CT molecular complexity index is 724. The minimum Gasteiger partial charge on any atom is -0.468 e. The summed E-state index contributed by atoms with van der Waals surface area (Å²) in [5.41, 5.74) is -1.36. The number of methoxy groups -OCH3 is 1. The van der Waals surface area contributed by atoms with Crippen molar-refractivity contribution in [1.29, 1.82) is 0 Å². The van der Waals surface area contributed by atoms with E-state index in [0.29, 0.717) is 6.07 Å². The predicted octanol–water partition coefficient (Wildman–Crippen LogP) is 1.20. The Morgan fingerprint density at radius 2 is 2.04 bits per heavy atom. The van der Waals surface area contributed by atoms with E-state index in [-0.39, 0.29) is 12.2 Å². The second-order valence-electron chi connectivity index (χ2n) is 4.17. The van der Waals surface area contributed by atoms with Crippen LogP contribution < -0.4 is 10.0 Å². The zero-order valence-corrected chi connectivity index (χ0v) is 12.7. The Kier molecular flexibility index (Phi) is 6.00. The molecule has 0 aromatic heterocycles. The maximum absolute atomic E-state index is 13.1. The van der Waals surface area contributed by atoms with Crippen LogP contribution in [0.1, 0.15) is 5.56 Å². The summed E-state index contributed by atoms with van der Waals surface area (Å²) in [6.07, 6.45) is 0.0825. The van der Waals surface area contributed by atoms with Crippen LogP contribution in [0.2, 0.25) is 0 Å². The number of alkyl halides is 3. The molecule has 23 heavy (non-hydrogen) atoms. The van der Waals surface area contributed by atoms with Crippen molar-refractivity contribution in [3.63, 3.8) is 0 Å². The van der Waals surface area contributed by atoms with Gasteiger partial charge in [-0.25, -0.2) is 8.42 Å². The number of halogens is 3. The average molecular weight is 350 g/mol. The highest BCUT2D eigenvalue weighted by atomic mass is 32.2. The molecule has 6 nitrogen and oxygen atoms in total. The second-order valence-corrected chi connectivity index (χ2v) is 5.90. The molecular formula is C13H13F3N2O4S. The first-order valence-corrected chi connectivity index (χ1v) is 7.55. The third-order valence-corrected chi connectivity index (χ3v) is 4.06. The van der Waals surface area contributed by atoms with Gasteiger partial charge in [-0.05, 0) is 18.2 Å². The van der Waals surface area contributed by atoms with E-state index in [1.54, 1.807) is 4.72 Å². The maximum Gasteiger partial charge on any atom is 0.417 e. The normalized spacial score (nSPS) is 11.6. The number of carbonyl (C=O) groups is 1. The van der Waals surface area contributed by atoms with Gasteiger partial charge in [0.1, 0.15) is 6.54 Å². The lowest BCUT2D eigenvalue weighted by Gasteiger charge is -2.15. The number of nitrogens with one attached hydrogen (secondary N) is 2. The standard InChI is InChI=1S/C13H13F3N2O4S/c1-3-6-17-9-4-5-11(10(7-9)13(14,15)16)23(20,21)18-8-12(19)22-2/h1,4-5,7,17-18H,6,8H2,2H3. The number of esters is 1. The quantitative estimate of drug-likeness (QED) is 0.595. The van der Waals surface area contributed by atoms with Gasteiger partial charge in [0.2, 0.25) is 10.0 Å². The van der Waals surface area contributed by atoms with Gasteiger partial charge in [-0.3, -0.25) is 4.79 Å². The number of ether oxygens (including phenoxy) is 1. The van der Waals surface area contributed by atoms with E-state index in [2.05, 4.69) is 16.0 Å². The molecule has 0 heterocycles. The van der Waals surface area contributed by atoms with Gasteiger partial charge in [0.15, 0.2) is 0 Å². The molecule has 2 N–H and O–H groups in total. The molecule has 10 heteroatoms. The third kappa shape index (κ3) is 5.15. The molecule has 0 bridgehead atoms. The van der Waals surface area contributed by atoms with Crippen molar-refractivity contribution in [2.45, 2.75) is 11.1 Å². The Morgan fingerprint density at radius 3 is 2.57 bits per heavy atom. The van der Waals surface area contributed by atoms with Crippen molar-refractivity contribution in [2.24, 2.45) is 0 Å². The lowest BCUT2D eigenvalue weighted by molar-refractivity contribution is -0.140. The van der Waals surface area contributed by atoms with Gasteiger partial charge in [0, 0.05) is 5.69 Å². The van der Waals surface area contributed by atoms with E-state index in [9.17, 15) is 26.4 Å². The van der Waals surface area contributed by atoms with Crippen molar-refractivity contribution in [3.8, 4) is 12.3 Å². The van der Waals surface area contributed by atoms with Crippen LogP contribution in [0.3, 0.4) is 0 Å². The molecule has 0 saturated heterocycles. The topological polar surface area (TPSA) is 84.5 Å². The summed E-state index contributed by atoms with van der Waals surface area (Å²) in [7, 11) is -3.54. The van der Waals surface area contributed by atoms with Crippen LogP contribution in [0.4, 0.5) is 18.9 Å². The van der Waals surface area contributed by atoms with E-state index in [4.69, 9.17) is 6.42 Å². The van der Waals surface area contributed by atoms with Crippen LogP contribution >= 0.6 is 0 Å². The maximum atomic E-state index is 13.1. The Balaban J connectivity index is 3.24. The van der Waals surface area contributed by atoms with E-state index >= 15 is 0 Å². The molecule has 0 aliphatic rings. The van der Waals surface area contributed by atoms with Crippen molar-refractivity contribution in [3.05, 3.63) is 23.8 Å². The molecule has 0 aliphatic heterocycles. The van der Waals surface area contributed by atoms with Crippen LogP contribution in [-0.2, 0) is 25.7 Å². The monoisotopic (exact) mass is 350 g/mol. The molecule has 1 aromatic rings. The lowest BCUT2D eigenvalue weighted by Crippen LogP contribution is -2.31. The summed E-state index contributed by atoms with van der Waals surface area (Å²) < 4.78 is 69.2. The number of carbonyl (C=O) groups excluding carboxylic acids is 1. The first-order valence-electron chi connectivity index (χ1n) is 6.07. The first-order chi connectivity index (χ1) is 10.6. The van der Waals surface area contributed by atoms with Crippen LogP contribution in [0.15, 0.2) is 23.1 Å². The van der Waals surface area contributed by atoms with Crippen LogP contribution in [0.25, 0.3) is 0 Å². The summed E-state index contributed by atoms with van der Waals surface area (Å²) in [5.74, 6) is 1.25. The summed E-state index contributed by atoms with van der Waals surface area (Å²) in [5, 5.41) is 2.52. The van der Waals surface area contributed by atoms with Crippen molar-refractivity contribution >= 4 is 21.7 Å². The number of hydrogen-bond acceptors (Lipinski definition) is 5. The second kappa shape index (κ2) is 7.34. The molecular weight excluding hydrogens is 337 g/mol. The van der Waals surface area contributed by atoms with Gasteiger partial charge in [-0.2, -0.15) is 17.9 Å². The number of anilines is 1. The van der Waals surface area contributed by atoms with E-state index in [1.165, 1.54) is 0 Å². The molecule has 0 atom stereocenters.